The Morgan fingerprint density at radius 3 is 2.25 bits per heavy atom. The number of alkyl halides is 1. The van der Waals surface area contributed by atoms with Crippen molar-refractivity contribution in [2.45, 2.75) is 57.7 Å². The zero-order valence-electron chi connectivity index (χ0n) is 8.35. The van der Waals surface area contributed by atoms with Gasteiger partial charge in [-0.3, -0.25) is 0 Å². The third-order valence-electron chi connectivity index (χ3n) is 3.15. The molecule has 0 aromatic rings. The number of halogens is 1. The predicted octanol–water partition coefficient (Wildman–Crippen LogP) is 4.22. The summed E-state index contributed by atoms with van der Waals surface area (Å²) in [4.78, 5) is 0. The summed E-state index contributed by atoms with van der Waals surface area (Å²) in [5, 5.41) is 0.363. The van der Waals surface area contributed by atoms with E-state index in [2.05, 4.69) is 13.8 Å². The van der Waals surface area contributed by atoms with Gasteiger partial charge in [0.1, 0.15) is 0 Å². The van der Waals surface area contributed by atoms with E-state index in [4.69, 9.17) is 11.6 Å². The zero-order chi connectivity index (χ0) is 8.97. The van der Waals surface area contributed by atoms with Crippen LogP contribution in [0.3, 0.4) is 0 Å². The van der Waals surface area contributed by atoms with Crippen LogP contribution in [0.5, 0.6) is 0 Å². The molecule has 12 heavy (non-hydrogen) atoms. The van der Waals surface area contributed by atoms with Crippen molar-refractivity contribution in [1.29, 1.82) is 0 Å². The van der Waals surface area contributed by atoms with Crippen LogP contribution in [-0.4, -0.2) is 5.38 Å². The van der Waals surface area contributed by atoms with Gasteiger partial charge in [0.15, 0.2) is 0 Å². The van der Waals surface area contributed by atoms with Gasteiger partial charge in [0.25, 0.3) is 0 Å². The second kappa shape index (κ2) is 5.11. The van der Waals surface area contributed by atoms with Crippen molar-refractivity contribution in [3.63, 3.8) is 0 Å². The maximum atomic E-state index is 5.99. The average molecular weight is 189 g/mol. The third-order valence-corrected chi connectivity index (χ3v) is 3.33. The van der Waals surface area contributed by atoms with E-state index < -0.39 is 0 Å². The number of rotatable bonds is 3. The Morgan fingerprint density at radius 1 is 1.17 bits per heavy atom. The molecule has 1 aliphatic carbocycles. The van der Waals surface area contributed by atoms with Gasteiger partial charge in [0, 0.05) is 5.38 Å². The second-order valence-electron chi connectivity index (χ2n) is 4.39. The number of hydrogen-bond donors (Lipinski definition) is 0. The minimum absolute atomic E-state index is 0.363. The van der Waals surface area contributed by atoms with Crippen LogP contribution < -0.4 is 0 Å². The van der Waals surface area contributed by atoms with E-state index in [9.17, 15) is 0 Å². The Balaban J connectivity index is 2.24. The van der Waals surface area contributed by atoms with Crippen LogP contribution in [0, 0.1) is 11.8 Å². The maximum Gasteiger partial charge on any atom is 0.0310 e. The lowest BCUT2D eigenvalue weighted by Gasteiger charge is -2.28. The molecule has 1 rings (SSSR count). The molecule has 2 atom stereocenters. The predicted molar refractivity (Wildman–Crippen MR) is 55.7 cm³/mol. The van der Waals surface area contributed by atoms with Gasteiger partial charge in [0.05, 0.1) is 0 Å². The monoisotopic (exact) mass is 188 g/mol. The Labute approximate surface area is 81.7 Å². The summed E-state index contributed by atoms with van der Waals surface area (Å²) in [5.74, 6) is 1.82. The van der Waals surface area contributed by atoms with E-state index in [1.807, 2.05) is 0 Å². The molecule has 0 amide bonds. The van der Waals surface area contributed by atoms with Crippen LogP contribution in [0.25, 0.3) is 0 Å². The maximum absolute atomic E-state index is 5.99. The first-order valence-electron chi connectivity index (χ1n) is 5.34. The van der Waals surface area contributed by atoms with E-state index in [0.717, 1.165) is 11.8 Å². The quantitative estimate of drug-likeness (QED) is 0.582. The summed E-state index contributed by atoms with van der Waals surface area (Å²) >= 11 is 5.99. The van der Waals surface area contributed by atoms with E-state index in [-0.39, 0.29) is 0 Å². The molecule has 1 aliphatic rings. The Kier molecular flexibility index (Phi) is 4.42. The smallest absolute Gasteiger partial charge is 0.0310 e. The molecular formula is C11H21Cl. The third kappa shape index (κ3) is 3.35. The van der Waals surface area contributed by atoms with Crippen molar-refractivity contribution >= 4 is 11.6 Å². The summed E-state index contributed by atoms with van der Waals surface area (Å²) in [6.07, 6.45) is 8.46. The first-order chi connectivity index (χ1) is 5.70. The first-order valence-corrected chi connectivity index (χ1v) is 5.78. The van der Waals surface area contributed by atoms with Gasteiger partial charge in [-0.1, -0.05) is 39.0 Å². The molecule has 0 aliphatic heterocycles. The summed E-state index contributed by atoms with van der Waals surface area (Å²) in [6.45, 7) is 4.48. The highest BCUT2D eigenvalue weighted by molar-refractivity contribution is 6.20. The minimum atomic E-state index is 0.363. The van der Waals surface area contributed by atoms with Crippen molar-refractivity contribution in [3.8, 4) is 0 Å². The highest BCUT2D eigenvalue weighted by Crippen LogP contribution is 2.32. The average Bonchev–Trinajstić information content (AvgIpc) is 2.05. The normalized spacial score (nSPS) is 25.2. The van der Waals surface area contributed by atoms with Crippen LogP contribution in [0.2, 0.25) is 0 Å². The molecule has 1 heteroatoms. The van der Waals surface area contributed by atoms with Gasteiger partial charge in [-0.2, -0.15) is 0 Å². The van der Waals surface area contributed by atoms with Gasteiger partial charge in [-0.25, -0.2) is 0 Å². The lowest BCUT2D eigenvalue weighted by atomic mass is 9.79. The molecule has 0 saturated heterocycles. The van der Waals surface area contributed by atoms with Crippen molar-refractivity contribution < 1.29 is 0 Å². The fourth-order valence-electron chi connectivity index (χ4n) is 2.41. The molecule has 2 unspecified atom stereocenters. The first kappa shape index (κ1) is 10.4. The molecule has 0 N–H and O–H groups in total. The van der Waals surface area contributed by atoms with Gasteiger partial charge in [-0.05, 0) is 25.2 Å². The van der Waals surface area contributed by atoms with Gasteiger partial charge in [-0.15, -0.1) is 11.6 Å². The van der Waals surface area contributed by atoms with E-state index >= 15 is 0 Å². The molecule has 1 saturated carbocycles. The fourth-order valence-corrected chi connectivity index (χ4v) is 2.69. The van der Waals surface area contributed by atoms with Gasteiger partial charge in [0.2, 0.25) is 0 Å². The highest BCUT2D eigenvalue weighted by Gasteiger charge is 2.20. The molecular weight excluding hydrogens is 168 g/mol. The second-order valence-corrected chi connectivity index (χ2v) is 5.14. The summed E-state index contributed by atoms with van der Waals surface area (Å²) in [5.41, 5.74) is 0. The molecule has 0 aromatic carbocycles. The molecule has 0 heterocycles. The van der Waals surface area contributed by atoms with Gasteiger partial charge < -0.3 is 0 Å². The van der Waals surface area contributed by atoms with Crippen LogP contribution in [-0.2, 0) is 0 Å². The van der Waals surface area contributed by atoms with Crippen molar-refractivity contribution in [1.82, 2.24) is 0 Å². The molecule has 1 fully saturated rings. The highest BCUT2D eigenvalue weighted by atomic mass is 35.5. The minimum Gasteiger partial charge on any atom is -0.123 e. The lowest BCUT2D eigenvalue weighted by molar-refractivity contribution is 0.252. The number of hydrogen-bond acceptors (Lipinski definition) is 0. The van der Waals surface area contributed by atoms with E-state index in [1.165, 1.54) is 38.5 Å². The fraction of sp³-hybridized carbons (Fsp3) is 1.00. The largest absolute Gasteiger partial charge is 0.123 e. The van der Waals surface area contributed by atoms with E-state index in [1.54, 1.807) is 0 Å². The Bertz CT molecular complexity index is 114. The van der Waals surface area contributed by atoms with Crippen molar-refractivity contribution in [3.05, 3.63) is 0 Å². The SMILES string of the molecule is CC(Cl)CC(C)C1CCCCC1. The standard InChI is InChI=1S/C11H21Cl/c1-9(8-10(2)12)11-6-4-3-5-7-11/h9-11H,3-8H2,1-2H3. The van der Waals surface area contributed by atoms with Crippen LogP contribution in [0.4, 0.5) is 0 Å². The molecule has 0 aromatic heterocycles. The van der Waals surface area contributed by atoms with Crippen molar-refractivity contribution in [2.24, 2.45) is 11.8 Å². The summed E-state index contributed by atoms with van der Waals surface area (Å²) in [6, 6.07) is 0. The Morgan fingerprint density at radius 2 is 1.75 bits per heavy atom. The van der Waals surface area contributed by atoms with Crippen LogP contribution in [0.15, 0.2) is 0 Å². The van der Waals surface area contributed by atoms with E-state index in [0.29, 0.717) is 5.38 Å². The van der Waals surface area contributed by atoms with Gasteiger partial charge >= 0.3 is 0 Å². The molecule has 72 valence electrons. The Hall–Kier alpha value is 0.290. The summed E-state index contributed by atoms with van der Waals surface area (Å²) < 4.78 is 0. The zero-order valence-corrected chi connectivity index (χ0v) is 9.11. The topological polar surface area (TPSA) is 0 Å². The molecule has 0 bridgehead atoms. The molecule has 0 nitrogen and oxygen atoms in total. The van der Waals surface area contributed by atoms with Crippen LogP contribution in [0.1, 0.15) is 52.4 Å². The lowest BCUT2D eigenvalue weighted by Crippen LogP contribution is -2.17. The summed E-state index contributed by atoms with van der Waals surface area (Å²) in [7, 11) is 0. The molecule has 0 radical (unpaired) electrons. The van der Waals surface area contributed by atoms with Crippen LogP contribution >= 0.6 is 11.6 Å². The molecule has 0 spiro atoms. The van der Waals surface area contributed by atoms with Crippen molar-refractivity contribution in [2.75, 3.05) is 0 Å².